The van der Waals surface area contributed by atoms with E-state index < -0.39 is 20.8 Å². The van der Waals surface area contributed by atoms with Crippen molar-refractivity contribution in [3.8, 4) is 0 Å². The normalized spacial score (nSPS) is 12.0. The number of non-ortho nitro benzene ring substituents is 1. The largest absolute Gasteiger partial charge is 0.339 e. The van der Waals surface area contributed by atoms with E-state index in [0.29, 0.717) is 10.7 Å². The standard InChI is InChI=1S/C16H12Cl4N4O3S/c17-10-4-2-5-11(8-10)21-15(28)23-14(16(18,19)20)22-13(25)9-3-1-6-12(7-9)24(26)27/h1-8,14H,(H,22,25)(H2,21,23,28). The maximum atomic E-state index is 12.4. The summed E-state index contributed by atoms with van der Waals surface area (Å²) in [5, 5.41) is 19.4. The third-order valence-corrected chi connectivity index (χ3v) is 4.39. The Balaban J connectivity index is 2.11. The predicted octanol–water partition coefficient (Wildman–Crippen LogP) is 4.66. The number of thiocarbonyl (C=S) groups is 1. The Morgan fingerprint density at radius 3 is 2.39 bits per heavy atom. The molecule has 0 spiro atoms. The van der Waals surface area contributed by atoms with Gasteiger partial charge in [0.05, 0.1) is 4.92 Å². The molecule has 0 fully saturated rings. The van der Waals surface area contributed by atoms with Crippen LogP contribution in [0.25, 0.3) is 0 Å². The molecule has 0 radical (unpaired) electrons. The first-order chi connectivity index (χ1) is 13.1. The van der Waals surface area contributed by atoms with Crippen molar-refractivity contribution in [1.29, 1.82) is 0 Å². The number of carbonyl (C=O) groups is 1. The van der Waals surface area contributed by atoms with Gasteiger partial charge in [-0.1, -0.05) is 58.5 Å². The van der Waals surface area contributed by atoms with E-state index in [1.807, 2.05) is 0 Å². The summed E-state index contributed by atoms with van der Waals surface area (Å²) in [5.74, 6) is -0.696. The van der Waals surface area contributed by atoms with E-state index in [0.717, 1.165) is 6.07 Å². The average Bonchev–Trinajstić information content (AvgIpc) is 2.60. The molecule has 2 rings (SSSR count). The van der Waals surface area contributed by atoms with Crippen LogP contribution in [0, 0.1) is 10.1 Å². The molecule has 0 heterocycles. The van der Waals surface area contributed by atoms with Gasteiger partial charge in [0.2, 0.25) is 3.79 Å². The van der Waals surface area contributed by atoms with Gasteiger partial charge in [-0.3, -0.25) is 14.9 Å². The molecule has 1 unspecified atom stereocenters. The van der Waals surface area contributed by atoms with Gasteiger partial charge in [-0.05, 0) is 36.5 Å². The average molecular weight is 482 g/mol. The number of benzene rings is 2. The summed E-state index contributed by atoms with van der Waals surface area (Å²) >= 11 is 28.8. The van der Waals surface area contributed by atoms with E-state index in [1.54, 1.807) is 24.3 Å². The fraction of sp³-hybridized carbons (Fsp3) is 0.125. The highest BCUT2D eigenvalue weighted by Crippen LogP contribution is 2.29. The molecule has 1 amide bonds. The lowest BCUT2D eigenvalue weighted by atomic mass is 10.2. The van der Waals surface area contributed by atoms with Crippen LogP contribution in [0.4, 0.5) is 11.4 Å². The van der Waals surface area contributed by atoms with Gasteiger partial charge in [-0.2, -0.15) is 0 Å². The molecule has 28 heavy (non-hydrogen) atoms. The van der Waals surface area contributed by atoms with Crippen LogP contribution in [0.1, 0.15) is 10.4 Å². The van der Waals surface area contributed by atoms with E-state index in [-0.39, 0.29) is 16.4 Å². The Morgan fingerprint density at radius 1 is 1.11 bits per heavy atom. The Kier molecular flexibility index (Phi) is 7.68. The summed E-state index contributed by atoms with van der Waals surface area (Å²) in [6, 6.07) is 11.9. The van der Waals surface area contributed by atoms with E-state index in [2.05, 4.69) is 16.0 Å². The van der Waals surface area contributed by atoms with Crippen molar-refractivity contribution in [3.63, 3.8) is 0 Å². The Morgan fingerprint density at radius 2 is 1.79 bits per heavy atom. The number of nitrogens with one attached hydrogen (secondary N) is 3. The fourth-order valence-corrected chi connectivity index (χ4v) is 2.79. The molecule has 2 aromatic rings. The summed E-state index contributed by atoms with van der Waals surface area (Å²) in [5.41, 5.74) is 0.353. The molecular weight excluding hydrogens is 470 g/mol. The molecule has 0 bridgehead atoms. The Hall–Kier alpha value is -1.84. The fourth-order valence-electron chi connectivity index (χ4n) is 2.04. The van der Waals surface area contributed by atoms with Gasteiger partial charge in [-0.15, -0.1) is 0 Å². The van der Waals surface area contributed by atoms with Crippen molar-refractivity contribution in [3.05, 3.63) is 69.2 Å². The maximum absolute atomic E-state index is 12.4. The number of amides is 1. The van der Waals surface area contributed by atoms with E-state index >= 15 is 0 Å². The number of hydrogen-bond acceptors (Lipinski definition) is 4. The molecule has 0 aromatic heterocycles. The second-order valence-electron chi connectivity index (χ2n) is 5.36. The summed E-state index contributed by atoms with van der Waals surface area (Å²) in [6.45, 7) is 0. The molecule has 0 saturated carbocycles. The number of anilines is 1. The molecule has 0 aliphatic heterocycles. The van der Waals surface area contributed by atoms with Crippen molar-refractivity contribution < 1.29 is 9.72 Å². The molecule has 7 nitrogen and oxygen atoms in total. The third kappa shape index (κ3) is 6.65. The van der Waals surface area contributed by atoms with Crippen LogP contribution in [0.3, 0.4) is 0 Å². The van der Waals surface area contributed by atoms with Gasteiger partial charge >= 0.3 is 0 Å². The monoisotopic (exact) mass is 480 g/mol. The molecule has 0 saturated heterocycles. The van der Waals surface area contributed by atoms with Crippen LogP contribution < -0.4 is 16.0 Å². The number of rotatable bonds is 5. The number of carbonyl (C=O) groups excluding carboxylic acids is 1. The van der Waals surface area contributed by atoms with Crippen molar-refractivity contribution in [1.82, 2.24) is 10.6 Å². The Labute approximate surface area is 185 Å². The SMILES string of the molecule is O=C(NC(NC(=S)Nc1cccc(Cl)c1)C(Cl)(Cl)Cl)c1cccc([N+](=O)[O-])c1. The van der Waals surface area contributed by atoms with Gasteiger partial charge in [0.15, 0.2) is 5.11 Å². The molecule has 0 aliphatic carbocycles. The van der Waals surface area contributed by atoms with Crippen LogP contribution in [0.15, 0.2) is 48.5 Å². The number of alkyl halides is 3. The lowest BCUT2D eigenvalue weighted by Crippen LogP contribution is -2.56. The minimum Gasteiger partial charge on any atom is -0.339 e. The van der Waals surface area contributed by atoms with Gasteiger partial charge in [0.25, 0.3) is 11.6 Å². The van der Waals surface area contributed by atoms with E-state index in [1.165, 1.54) is 18.2 Å². The lowest BCUT2D eigenvalue weighted by molar-refractivity contribution is -0.384. The van der Waals surface area contributed by atoms with Crippen molar-refractivity contribution >= 4 is 81.0 Å². The summed E-state index contributed by atoms with van der Waals surface area (Å²) < 4.78 is -1.98. The topological polar surface area (TPSA) is 96.3 Å². The first-order valence-corrected chi connectivity index (χ1v) is 9.43. The maximum Gasteiger partial charge on any atom is 0.270 e. The number of nitrogens with zero attached hydrogens (tertiary/aromatic N) is 1. The highest BCUT2D eigenvalue weighted by Gasteiger charge is 2.35. The zero-order valence-corrected chi connectivity index (χ0v) is 17.6. The van der Waals surface area contributed by atoms with Gasteiger partial charge in [0.1, 0.15) is 6.17 Å². The van der Waals surface area contributed by atoms with Crippen LogP contribution in [0.5, 0.6) is 0 Å². The zero-order valence-electron chi connectivity index (χ0n) is 13.8. The first-order valence-electron chi connectivity index (χ1n) is 7.51. The van der Waals surface area contributed by atoms with E-state index in [9.17, 15) is 14.9 Å². The second-order valence-corrected chi connectivity index (χ2v) is 8.58. The third-order valence-electron chi connectivity index (χ3n) is 3.28. The lowest BCUT2D eigenvalue weighted by Gasteiger charge is -2.27. The highest BCUT2D eigenvalue weighted by atomic mass is 35.6. The van der Waals surface area contributed by atoms with E-state index in [4.69, 9.17) is 58.6 Å². The summed E-state index contributed by atoms with van der Waals surface area (Å²) in [7, 11) is 0. The molecule has 3 N–H and O–H groups in total. The molecule has 148 valence electrons. The van der Waals surface area contributed by atoms with Gasteiger partial charge in [-0.25, -0.2) is 0 Å². The first kappa shape index (κ1) is 22.4. The van der Waals surface area contributed by atoms with Crippen LogP contribution in [-0.4, -0.2) is 25.9 Å². The van der Waals surface area contributed by atoms with Crippen LogP contribution >= 0.6 is 58.6 Å². The summed E-state index contributed by atoms with van der Waals surface area (Å²) in [6.07, 6.45) is -1.23. The quantitative estimate of drug-likeness (QED) is 0.189. The number of nitro benzene ring substituents is 1. The minimum absolute atomic E-state index is 0.0176. The van der Waals surface area contributed by atoms with Crippen molar-refractivity contribution in [2.24, 2.45) is 0 Å². The van der Waals surface area contributed by atoms with Crippen LogP contribution in [-0.2, 0) is 0 Å². The van der Waals surface area contributed by atoms with Crippen LogP contribution in [0.2, 0.25) is 5.02 Å². The molecular formula is C16H12Cl4N4O3S. The smallest absolute Gasteiger partial charge is 0.270 e. The van der Waals surface area contributed by atoms with Gasteiger partial charge < -0.3 is 16.0 Å². The van der Waals surface area contributed by atoms with Crippen molar-refractivity contribution in [2.45, 2.75) is 9.96 Å². The molecule has 0 aliphatic rings. The summed E-state index contributed by atoms with van der Waals surface area (Å²) in [4.78, 5) is 22.7. The van der Waals surface area contributed by atoms with Gasteiger partial charge in [0, 0.05) is 28.4 Å². The molecule has 12 heteroatoms. The minimum atomic E-state index is -1.98. The number of hydrogen-bond donors (Lipinski definition) is 3. The second kappa shape index (κ2) is 9.58. The zero-order chi connectivity index (χ0) is 20.9. The highest BCUT2D eigenvalue weighted by molar-refractivity contribution is 7.80. The number of halogens is 4. The number of nitro groups is 1. The predicted molar refractivity (Wildman–Crippen MR) is 115 cm³/mol. The molecule has 2 aromatic carbocycles. The molecule has 1 atom stereocenters. The van der Waals surface area contributed by atoms with Crippen molar-refractivity contribution in [2.75, 3.05) is 5.32 Å². The Bertz CT molecular complexity index is 907.